The molecule has 10 nitrogen and oxygen atoms in total. The third-order valence-corrected chi connectivity index (χ3v) is 3.98. The molecule has 1 aromatic heterocycles. The van der Waals surface area contributed by atoms with E-state index in [4.69, 9.17) is 4.74 Å². The molecule has 10 heteroatoms. The Bertz CT molecular complexity index is 658. The van der Waals surface area contributed by atoms with Gasteiger partial charge in [0.05, 0.1) is 13.5 Å². The van der Waals surface area contributed by atoms with E-state index in [-0.39, 0.29) is 12.3 Å². The second kappa shape index (κ2) is 6.69. The van der Waals surface area contributed by atoms with Crippen LogP contribution in [0.5, 0.6) is 5.88 Å². The van der Waals surface area contributed by atoms with Crippen LogP contribution in [0.1, 0.15) is 6.42 Å². The van der Waals surface area contributed by atoms with E-state index in [2.05, 4.69) is 20.6 Å². The molecule has 0 spiro atoms. The molecule has 2 fully saturated rings. The molecule has 2 aliphatic heterocycles. The molecule has 4 amide bonds. The monoisotopic (exact) mass is 334 g/mol. The van der Waals surface area contributed by atoms with Gasteiger partial charge in [-0.3, -0.25) is 14.9 Å². The van der Waals surface area contributed by atoms with Crippen LogP contribution in [0, 0.1) is 0 Å². The summed E-state index contributed by atoms with van der Waals surface area (Å²) in [7, 11) is 1.54. The minimum atomic E-state index is -0.787. The van der Waals surface area contributed by atoms with Crippen LogP contribution < -0.4 is 20.3 Å². The van der Waals surface area contributed by atoms with Crippen LogP contribution in [0.3, 0.4) is 0 Å². The molecule has 3 rings (SSSR count). The van der Waals surface area contributed by atoms with Crippen LogP contribution in [-0.4, -0.2) is 72.0 Å². The molecule has 1 aromatic rings. The fourth-order valence-corrected chi connectivity index (χ4v) is 2.66. The van der Waals surface area contributed by atoms with E-state index in [1.165, 1.54) is 0 Å². The predicted molar refractivity (Wildman–Crippen MR) is 82.5 cm³/mol. The van der Waals surface area contributed by atoms with E-state index >= 15 is 0 Å². The Balaban J connectivity index is 1.53. The molecular formula is C14H18N6O4. The molecule has 24 heavy (non-hydrogen) atoms. The summed E-state index contributed by atoms with van der Waals surface area (Å²) in [6, 6.07) is 0.326. The first-order chi connectivity index (χ1) is 11.6. The SMILES string of the molecule is COc1ccnc(N2CCN(C(=O)C[C@@H]3NC(=O)NC3=O)CC2)n1. The average molecular weight is 334 g/mol. The maximum Gasteiger partial charge on any atom is 0.322 e. The zero-order valence-electron chi connectivity index (χ0n) is 13.2. The largest absolute Gasteiger partial charge is 0.481 e. The highest BCUT2D eigenvalue weighted by Gasteiger charge is 2.33. The summed E-state index contributed by atoms with van der Waals surface area (Å²) in [5.41, 5.74) is 0. The van der Waals surface area contributed by atoms with Gasteiger partial charge in [0, 0.05) is 38.4 Å². The second-order valence-electron chi connectivity index (χ2n) is 5.49. The Labute approximate surface area is 138 Å². The second-order valence-corrected chi connectivity index (χ2v) is 5.49. The van der Waals surface area contributed by atoms with Crippen LogP contribution >= 0.6 is 0 Å². The van der Waals surface area contributed by atoms with Crippen molar-refractivity contribution in [3.8, 4) is 5.88 Å². The van der Waals surface area contributed by atoms with E-state index in [0.29, 0.717) is 38.0 Å². The lowest BCUT2D eigenvalue weighted by molar-refractivity contribution is -0.134. The molecule has 3 heterocycles. The number of carbonyl (C=O) groups excluding carboxylic acids is 3. The maximum absolute atomic E-state index is 12.3. The first-order valence-corrected chi connectivity index (χ1v) is 7.58. The molecule has 0 saturated carbocycles. The number of methoxy groups -OCH3 is 1. The van der Waals surface area contributed by atoms with E-state index in [1.54, 1.807) is 24.3 Å². The standard InChI is InChI=1S/C14H18N6O4/c1-24-10-2-3-15-13(17-10)20-6-4-19(5-7-20)11(21)8-9-12(22)18-14(23)16-9/h2-3,9H,4-8H2,1H3,(H2,16,18,22,23)/t9-/m0/s1. The van der Waals surface area contributed by atoms with Crippen molar-refractivity contribution >= 4 is 23.8 Å². The zero-order chi connectivity index (χ0) is 17.1. The Morgan fingerprint density at radius 1 is 1.33 bits per heavy atom. The van der Waals surface area contributed by atoms with E-state index in [1.807, 2.05) is 4.90 Å². The van der Waals surface area contributed by atoms with Gasteiger partial charge in [0.2, 0.25) is 17.7 Å². The molecule has 0 radical (unpaired) electrons. The summed E-state index contributed by atoms with van der Waals surface area (Å²) in [5.74, 6) is 0.422. The Morgan fingerprint density at radius 3 is 2.71 bits per heavy atom. The number of nitrogens with one attached hydrogen (secondary N) is 2. The van der Waals surface area contributed by atoms with Gasteiger partial charge in [-0.2, -0.15) is 4.98 Å². The number of aromatic nitrogens is 2. The summed E-state index contributed by atoms with van der Waals surface area (Å²) in [6.07, 6.45) is 1.59. The lowest BCUT2D eigenvalue weighted by Gasteiger charge is -2.35. The fourth-order valence-electron chi connectivity index (χ4n) is 2.66. The molecule has 1 atom stereocenters. The maximum atomic E-state index is 12.3. The summed E-state index contributed by atoms with van der Waals surface area (Å²) in [5, 5.41) is 4.55. The molecular weight excluding hydrogens is 316 g/mol. The van der Waals surface area contributed by atoms with E-state index in [0.717, 1.165) is 0 Å². The first-order valence-electron chi connectivity index (χ1n) is 7.58. The predicted octanol–water partition coefficient (Wildman–Crippen LogP) is -1.27. The van der Waals surface area contributed by atoms with Gasteiger partial charge in [0.1, 0.15) is 6.04 Å². The number of rotatable bonds is 4. The summed E-state index contributed by atoms with van der Waals surface area (Å²) >= 11 is 0. The van der Waals surface area contributed by atoms with Crippen molar-refractivity contribution in [1.82, 2.24) is 25.5 Å². The van der Waals surface area contributed by atoms with Crippen molar-refractivity contribution in [2.75, 3.05) is 38.2 Å². The van der Waals surface area contributed by atoms with Gasteiger partial charge < -0.3 is 19.9 Å². The van der Waals surface area contributed by atoms with Crippen molar-refractivity contribution in [3.63, 3.8) is 0 Å². The molecule has 0 aliphatic carbocycles. The topological polar surface area (TPSA) is 117 Å². The number of hydrogen-bond acceptors (Lipinski definition) is 7. The Kier molecular flexibility index (Phi) is 4.45. The van der Waals surface area contributed by atoms with Crippen LogP contribution in [-0.2, 0) is 9.59 Å². The molecule has 2 N–H and O–H groups in total. The third kappa shape index (κ3) is 3.36. The highest BCUT2D eigenvalue weighted by atomic mass is 16.5. The van der Waals surface area contributed by atoms with Crippen molar-refractivity contribution in [3.05, 3.63) is 12.3 Å². The van der Waals surface area contributed by atoms with Crippen LogP contribution in [0.15, 0.2) is 12.3 Å². The number of nitrogens with zero attached hydrogens (tertiary/aromatic N) is 4. The molecule has 128 valence electrons. The number of hydrogen-bond donors (Lipinski definition) is 2. The number of ether oxygens (including phenoxy) is 1. The summed E-state index contributed by atoms with van der Waals surface area (Å²) in [6.45, 7) is 2.17. The molecule has 2 saturated heterocycles. The van der Waals surface area contributed by atoms with E-state index < -0.39 is 18.0 Å². The third-order valence-electron chi connectivity index (χ3n) is 3.98. The smallest absolute Gasteiger partial charge is 0.322 e. The number of carbonyl (C=O) groups is 3. The van der Waals surface area contributed by atoms with Crippen molar-refractivity contribution < 1.29 is 19.1 Å². The van der Waals surface area contributed by atoms with Crippen LogP contribution in [0.2, 0.25) is 0 Å². The van der Waals surface area contributed by atoms with E-state index in [9.17, 15) is 14.4 Å². The first kappa shape index (κ1) is 16.0. The molecule has 2 aliphatic rings. The lowest BCUT2D eigenvalue weighted by Crippen LogP contribution is -2.50. The minimum Gasteiger partial charge on any atom is -0.481 e. The van der Waals surface area contributed by atoms with Gasteiger partial charge in [-0.15, -0.1) is 0 Å². The number of piperazine rings is 1. The van der Waals surface area contributed by atoms with Crippen molar-refractivity contribution in [2.24, 2.45) is 0 Å². The molecule has 0 bridgehead atoms. The highest BCUT2D eigenvalue weighted by Crippen LogP contribution is 2.15. The Morgan fingerprint density at radius 2 is 2.08 bits per heavy atom. The average Bonchev–Trinajstić information content (AvgIpc) is 2.92. The van der Waals surface area contributed by atoms with Crippen molar-refractivity contribution in [2.45, 2.75) is 12.5 Å². The van der Waals surface area contributed by atoms with Gasteiger partial charge in [-0.25, -0.2) is 9.78 Å². The quantitative estimate of drug-likeness (QED) is 0.660. The van der Waals surface area contributed by atoms with Gasteiger partial charge in [-0.1, -0.05) is 0 Å². The number of anilines is 1. The number of urea groups is 1. The summed E-state index contributed by atoms with van der Waals surface area (Å²) < 4.78 is 5.08. The van der Waals surface area contributed by atoms with Gasteiger partial charge >= 0.3 is 6.03 Å². The van der Waals surface area contributed by atoms with Gasteiger partial charge in [0.15, 0.2) is 0 Å². The Hall–Kier alpha value is -2.91. The minimum absolute atomic E-state index is 0.0345. The lowest BCUT2D eigenvalue weighted by atomic mass is 10.2. The normalized spacial score (nSPS) is 20.6. The zero-order valence-corrected chi connectivity index (χ0v) is 13.2. The van der Waals surface area contributed by atoms with Gasteiger partial charge in [0.25, 0.3) is 5.91 Å². The van der Waals surface area contributed by atoms with Crippen molar-refractivity contribution in [1.29, 1.82) is 0 Å². The van der Waals surface area contributed by atoms with Gasteiger partial charge in [-0.05, 0) is 0 Å². The number of amides is 4. The number of imide groups is 1. The fraction of sp³-hybridized carbons (Fsp3) is 0.500. The van der Waals surface area contributed by atoms with Crippen LogP contribution in [0.4, 0.5) is 10.7 Å². The molecule has 0 unspecified atom stereocenters. The van der Waals surface area contributed by atoms with Crippen LogP contribution in [0.25, 0.3) is 0 Å². The molecule has 0 aromatic carbocycles. The highest BCUT2D eigenvalue weighted by molar-refractivity contribution is 6.05. The summed E-state index contributed by atoms with van der Waals surface area (Å²) in [4.78, 5) is 47.0.